The topological polar surface area (TPSA) is 91.2 Å². The van der Waals surface area contributed by atoms with Crippen LogP contribution in [-0.4, -0.2) is 18.4 Å². The first-order valence-electron chi connectivity index (χ1n) is 10.1. The van der Waals surface area contributed by atoms with Gasteiger partial charge in [-0.2, -0.15) is 5.26 Å². The Labute approximate surface area is 187 Å². The molecule has 0 radical (unpaired) electrons. The molecule has 0 aliphatic heterocycles. The largest absolute Gasteiger partial charge is 0.483 e. The summed E-state index contributed by atoms with van der Waals surface area (Å²) < 4.78 is 5.65. The van der Waals surface area contributed by atoms with Crippen LogP contribution in [0.1, 0.15) is 24.1 Å². The van der Waals surface area contributed by atoms with Gasteiger partial charge in [0.05, 0.1) is 6.04 Å². The van der Waals surface area contributed by atoms with E-state index in [2.05, 4.69) is 10.6 Å². The van der Waals surface area contributed by atoms with Gasteiger partial charge in [-0.25, -0.2) is 0 Å². The van der Waals surface area contributed by atoms with E-state index >= 15 is 0 Å². The quantitative estimate of drug-likeness (QED) is 0.411. The Bertz CT molecular complexity index is 1140. The van der Waals surface area contributed by atoms with E-state index in [9.17, 15) is 14.9 Å². The first kappa shape index (κ1) is 22.3. The van der Waals surface area contributed by atoms with Gasteiger partial charge in [-0.3, -0.25) is 9.59 Å². The molecule has 1 atom stereocenters. The number of amides is 2. The lowest BCUT2D eigenvalue weighted by molar-refractivity contribution is -0.118. The van der Waals surface area contributed by atoms with Crippen molar-refractivity contribution in [2.45, 2.75) is 13.0 Å². The van der Waals surface area contributed by atoms with E-state index in [1.807, 2.05) is 61.5 Å². The maximum atomic E-state index is 12.6. The van der Waals surface area contributed by atoms with E-state index in [1.54, 1.807) is 36.4 Å². The Morgan fingerprint density at radius 2 is 1.59 bits per heavy atom. The molecule has 3 rings (SSSR count). The maximum absolute atomic E-state index is 12.6. The van der Waals surface area contributed by atoms with E-state index in [-0.39, 0.29) is 24.1 Å². The van der Waals surface area contributed by atoms with Gasteiger partial charge >= 0.3 is 0 Å². The zero-order chi connectivity index (χ0) is 22.8. The fourth-order valence-corrected chi connectivity index (χ4v) is 3.00. The second kappa shape index (κ2) is 11.1. The molecule has 0 heterocycles. The van der Waals surface area contributed by atoms with Gasteiger partial charge in [-0.1, -0.05) is 66.7 Å². The zero-order valence-corrected chi connectivity index (χ0v) is 17.6. The van der Waals surface area contributed by atoms with Crippen LogP contribution in [0.4, 0.5) is 5.69 Å². The lowest BCUT2D eigenvalue weighted by Crippen LogP contribution is -2.27. The number of para-hydroxylation sites is 2. The summed E-state index contributed by atoms with van der Waals surface area (Å²) in [6.45, 7) is 1.64. The molecule has 32 heavy (non-hydrogen) atoms. The van der Waals surface area contributed by atoms with Crippen molar-refractivity contribution in [3.63, 3.8) is 0 Å². The molecular formula is C26H23N3O3. The van der Waals surface area contributed by atoms with Crippen LogP contribution >= 0.6 is 0 Å². The molecule has 160 valence electrons. The molecule has 0 fully saturated rings. The number of rotatable bonds is 8. The van der Waals surface area contributed by atoms with Gasteiger partial charge in [0.1, 0.15) is 17.4 Å². The van der Waals surface area contributed by atoms with Crippen LogP contribution in [0.25, 0.3) is 6.08 Å². The number of nitriles is 1. The first-order valence-corrected chi connectivity index (χ1v) is 10.1. The number of anilines is 1. The number of nitrogens with one attached hydrogen (secondary N) is 2. The highest BCUT2D eigenvalue weighted by atomic mass is 16.5. The van der Waals surface area contributed by atoms with Crippen LogP contribution in [0.5, 0.6) is 5.75 Å². The summed E-state index contributed by atoms with van der Waals surface area (Å²) in [5.74, 6) is -0.405. The van der Waals surface area contributed by atoms with E-state index in [0.717, 1.165) is 5.56 Å². The second-order valence-corrected chi connectivity index (χ2v) is 7.02. The molecule has 6 heteroatoms. The minimum absolute atomic E-state index is 0.0578. The van der Waals surface area contributed by atoms with Crippen LogP contribution in [0.3, 0.4) is 0 Å². The molecule has 0 aromatic heterocycles. The predicted molar refractivity (Wildman–Crippen MR) is 124 cm³/mol. The lowest BCUT2D eigenvalue weighted by atomic mass is 10.1. The summed E-state index contributed by atoms with van der Waals surface area (Å²) in [6, 6.07) is 27.2. The molecule has 3 aromatic rings. The Balaban J connectivity index is 1.68. The third-order valence-corrected chi connectivity index (χ3v) is 4.65. The number of nitrogens with zero attached hydrogens (tertiary/aromatic N) is 1. The van der Waals surface area contributed by atoms with Crippen molar-refractivity contribution < 1.29 is 14.3 Å². The standard InChI is InChI=1S/C26H23N3O3/c1-19(20-10-4-2-5-11-20)28-26(31)22(17-27)16-21-12-8-9-15-24(21)32-18-25(30)29-23-13-6-3-7-14-23/h2-16,19H,18H2,1H3,(H,28,31)(H,29,30)/b22-16+. The fraction of sp³-hybridized carbons (Fsp3) is 0.115. The van der Waals surface area contributed by atoms with Gasteiger partial charge in [0, 0.05) is 11.3 Å². The average molecular weight is 425 g/mol. The van der Waals surface area contributed by atoms with Gasteiger partial charge in [0.25, 0.3) is 11.8 Å². The summed E-state index contributed by atoms with van der Waals surface area (Å²) in [4.78, 5) is 24.8. The fourth-order valence-electron chi connectivity index (χ4n) is 3.00. The number of hydrogen-bond donors (Lipinski definition) is 2. The van der Waals surface area contributed by atoms with Gasteiger partial charge < -0.3 is 15.4 Å². The summed E-state index contributed by atoms with van der Waals surface area (Å²) in [5.41, 5.74) is 2.08. The van der Waals surface area contributed by atoms with Gasteiger partial charge in [-0.05, 0) is 36.8 Å². The smallest absolute Gasteiger partial charge is 0.262 e. The average Bonchev–Trinajstić information content (AvgIpc) is 2.83. The summed E-state index contributed by atoms with van der Waals surface area (Å²) in [5, 5.41) is 15.1. The van der Waals surface area contributed by atoms with Crippen molar-refractivity contribution >= 4 is 23.6 Å². The van der Waals surface area contributed by atoms with Crippen molar-refractivity contribution in [2.24, 2.45) is 0 Å². The first-order chi connectivity index (χ1) is 15.6. The van der Waals surface area contributed by atoms with Crippen molar-refractivity contribution in [3.8, 4) is 11.8 Å². The third-order valence-electron chi connectivity index (χ3n) is 4.65. The van der Waals surface area contributed by atoms with E-state index < -0.39 is 5.91 Å². The van der Waals surface area contributed by atoms with Crippen molar-refractivity contribution in [2.75, 3.05) is 11.9 Å². The molecule has 3 aromatic carbocycles. The van der Waals surface area contributed by atoms with E-state index in [1.165, 1.54) is 6.08 Å². The van der Waals surface area contributed by atoms with Gasteiger partial charge in [0.15, 0.2) is 6.61 Å². The Morgan fingerprint density at radius 3 is 2.28 bits per heavy atom. The van der Waals surface area contributed by atoms with E-state index in [4.69, 9.17) is 4.74 Å². The zero-order valence-electron chi connectivity index (χ0n) is 17.6. The summed E-state index contributed by atoms with van der Waals surface area (Å²) >= 11 is 0. The van der Waals surface area contributed by atoms with Crippen LogP contribution in [0.15, 0.2) is 90.5 Å². The molecule has 2 N–H and O–H groups in total. The molecule has 0 bridgehead atoms. The van der Waals surface area contributed by atoms with Crippen molar-refractivity contribution in [1.29, 1.82) is 5.26 Å². The maximum Gasteiger partial charge on any atom is 0.262 e. The van der Waals surface area contributed by atoms with Crippen molar-refractivity contribution in [3.05, 3.63) is 102 Å². The minimum Gasteiger partial charge on any atom is -0.483 e. The molecule has 6 nitrogen and oxygen atoms in total. The molecular weight excluding hydrogens is 402 g/mol. The van der Waals surface area contributed by atoms with Crippen LogP contribution < -0.4 is 15.4 Å². The number of hydrogen-bond acceptors (Lipinski definition) is 4. The highest BCUT2D eigenvalue weighted by molar-refractivity contribution is 6.02. The summed E-state index contributed by atoms with van der Waals surface area (Å²) in [7, 11) is 0. The van der Waals surface area contributed by atoms with Gasteiger partial charge in [-0.15, -0.1) is 0 Å². The molecule has 0 saturated heterocycles. The Morgan fingerprint density at radius 1 is 0.969 bits per heavy atom. The van der Waals surface area contributed by atoms with Crippen LogP contribution in [0.2, 0.25) is 0 Å². The number of carbonyl (C=O) groups is 2. The number of benzene rings is 3. The van der Waals surface area contributed by atoms with Crippen LogP contribution in [0, 0.1) is 11.3 Å². The minimum atomic E-state index is -0.486. The summed E-state index contributed by atoms with van der Waals surface area (Å²) in [6.07, 6.45) is 1.46. The number of ether oxygens (including phenoxy) is 1. The third kappa shape index (κ3) is 6.31. The SMILES string of the molecule is CC(NC(=O)/C(C#N)=C/c1ccccc1OCC(=O)Nc1ccccc1)c1ccccc1. The van der Waals surface area contributed by atoms with Crippen LogP contribution in [-0.2, 0) is 9.59 Å². The highest BCUT2D eigenvalue weighted by Gasteiger charge is 2.15. The Hall–Kier alpha value is -4.37. The second-order valence-electron chi connectivity index (χ2n) is 7.02. The molecule has 0 spiro atoms. The predicted octanol–water partition coefficient (Wildman–Crippen LogP) is 4.49. The van der Waals surface area contributed by atoms with E-state index in [0.29, 0.717) is 17.0 Å². The molecule has 0 saturated carbocycles. The molecule has 0 aliphatic carbocycles. The lowest BCUT2D eigenvalue weighted by Gasteiger charge is -2.14. The molecule has 0 aliphatic rings. The number of carbonyl (C=O) groups excluding carboxylic acids is 2. The monoisotopic (exact) mass is 425 g/mol. The normalized spacial score (nSPS) is 11.7. The molecule has 2 amide bonds. The molecule has 1 unspecified atom stereocenters. The Kier molecular flexibility index (Phi) is 7.77. The van der Waals surface area contributed by atoms with Gasteiger partial charge in [0.2, 0.25) is 0 Å². The highest BCUT2D eigenvalue weighted by Crippen LogP contribution is 2.22. The van der Waals surface area contributed by atoms with Crippen molar-refractivity contribution in [1.82, 2.24) is 5.32 Å².